The van der Waals surface area contributed by atoms with Crippen LogP contribution in [0.15, 0.2) is 60.1 Å². The van der Waals surface area contributed by atoms with E-state index in [1.54, 1.807) is 41.8 Å². The van der Waals surface area contributed by atoms with Gasteiger partial charge in [-0.1, -0.05) is 48.5 Å². The van der Waals surface area contributed by atoms with Crippen molar-refractivity contribution >= 4 is 27.3 Å². The van der Waals surface area contributed by atoms with Gasteiger partial charge in [0, 0.05) is 30.2 Å². The molecular weight excluding hydrogens is 396 g/mol. The Morgan fingerprint density at radius 1 is 1.07 bits per heavy atom. The van der Waals surface area contributed by atoms with E-state index in [4.69, 9.17) is 5.11 Å². The van der Waals surface area contributed by atoms with Crippen LogP contribution in [0.5, 0.6) is 0 Å². The zero-order valence-electron chi connectivity index (χ0n) is 15.3. The Morgan fingerprint density at radius 3 is 2.36 bits per heavy atom. The molecule has 1 heterocycles. The molecule has 6 nitrogen and oxygen atoms in total. The number of aromatic nitrogens is 1. The molecular formula is C20H20N2O4S2. The Morgan fingerprint density at radius 2 is 1.75 bits per heavy atom. The van der Waals surface area contributed by atoms with Gasteiger partial charge in [0.2, 0.25) is 10.0 Å². The van der Waals surface area contributed by atoms with Crippen molar-refractivity contribution in [2.45, 2.75) is 19.5 Å². The third kappa shape index (κ3) is 5.48. The molecule has 28 heavy (non-hydrogen) atoms. The number of thiazole rings is 1. The monoisotopic (exact) mass is 416 g/mol. The minimum atomic E-state index is -3.44. The van der Waals surface area contributed by atoms with Gasteiger partial charge in [0.05, 0.1) is 12.7 Å². The number of sulfonamides is 1. The molecule has 0 aliphatic heterocycles. The number of carboxylic acids is 1. The molecule has 1 aromatic heterocycles. The maximum atomic E-state index is 12.3. The lowest BCUT2D eigenvalue weighted by Crippen LogP contribution is -2.29. The minimum absolute atomic E-state index is 0.0923. The molecule has 0 spiro atoms. The first-order valence-corrected chi connectivity index (χ1v) is 11.3. The van der Waals surface area contributed by atoms with E-state index in [1.807, 2.05) is 29.6 Å². The van der Waals surface area contributed by atoms with Gasteiger partial charge in [0.15, 0.2) is 0 Å². The summed E-state index contributed by atoms with van der Waals surface area (Å²) < 4.78 is 25.9. The average molecular weight is 417 g/mol. The molecule has 0 bridgehead atoms. The maximum absolute atomic E-state index is 12.3. The van der Waals surface area contributed by atoms with Crippen molar-refractivity contribution in [3.63, 3.8) is 0 Å². The van der Waals surface area contributed by atoms with Crippen LogP contribution in [0.1, 0.15) is 16.7 Å². The maximum Gasteiger partial charge on any atom is 0.307 e. The van der Waals surface area contributed by atoms with E-state index in [1.165, 1.54) is 10.6 Å². The third-order valence-electron chi connectivity index (χ3n) is 4.17. The van der Waals surface area contributed by atoms with E-state index in [0.29, 0.717) is 5.56 Å². The number of rotatable bonds is 8. The van der Waals surface area contributed by atoms with E-state index in [0.717, 1.165) is 21.7 Å². The van der Waals surface area contributed by atoms with Crippen LogP contribution in [0.25, 0.3) is 10.6 Å². The van der Waals surface area contributed by atoms with Crippen LogP contribution in [-0.2, 0) is 34.3 Å². The minimum Gasteiger partial charge on any atom is -0.481 e. The molecule has 1 N–H and O–H groups in total. The van der Waals surface area contributed by atoms with E-state index in [-0.39, 0.29) is 19.5 Å². The molecule has 146 valence electrons. The van der Waals surface area contributed by atoms with Gasteiger partial charge >= 0.3 is 5.97 Å². The largest absolute Gasteiger partial charge is 0.481 e. The summed E-state index contributed by atoms with van der Waals surface area (Å²) >= 11 is 1.55. The van der Waals surface area contributed by atoms with Crippen molar-refractivity contribution < 1.29 is 18.3 Å². The Labute approximate surface area is 168 Å². The average Bonchev–Trinajstić information content (AvgIpc) is 3.15. The molecule has 2 aromatic carbocycles. The molecule has 0 saturated carbocycles. The first-order valence-electron chi connectivity index (χ1n) is 8.55. The SMILES string of the molecule is CS(=O)(=O)N(Cc1ccc(-c2nccs2)cc1)Cc1cccc(CC(=O)O)c1. The summed E-state index contributed by atoms with van der Waals surface area (Å²) in [4.78, 5) is 15.2. The number of aliphatic carboxylic acids is 1. The highest BCUT2D eigenvalue weighted by Gasteiger charge is 2.18. The van der Waals surface area contributed by atoms with Crippen molar-refractivity contribution in [1.82, 2.24) is 9.29 Å². The molecule has 0 aliphatic rings. The van der Waals surface area contributed by atoms with Crippen molar-refractivity contribution in [2.75, 3.05) is 6.26 Å². The van der Waals surface area contributed by atoms with Crippen molar-refractivity contribution in [3.8, 4) is 10.6 Å². The Bertz CT molecular complexity index is 1050. The van der Waals surface area contributed by atoms with Gasteiger partial charge < -0.3 is 5.11 Å². The highest BCUT2D eigenvalue weighted by Crippen LogP contribution is 2.23. The van der Waals surface area contributed by atoms with Gasteiger partial charge in [0.25, 0.3) is 0 Å². The molecule has 8 heteroatoms. The molecule has 0 amide bonds. The second-order valence-corrected chi connectivity index (χ2v) is 9.33. The quantitative estimate of drug-likeness (QED) is 0.608. The number of hydrogen-bond acceptors (Lipinski definition) is 5. The summed E-state index contributed by atoms with van der Waals surface area (Å²) in [5, 5.41) is 11.8. The summed E-state index contributed by atoms with van der Waals surface area (Å²) in [6.07, 6.45) is 2.83. The van der Waals surface area contributed by atoms with E-state index < -0.39 is 16.0 Å². The van der Waals surface area contributed by atoms with Gasteiger partial charge in [-0.25, -0.2) is 13.4 Å². The molecule has 0 atom stereocenters. The molecule has 0 radical (unpaired) electrons. The summed E-state index contributed by atoms with van der Waals surface area (Å²) in [6.45, 7) is 0.417. The van der Waals surface area contributed by atoms with Gasteiger partial charge in [-0.15, -0.1) is 11.3 Å². The highest BCUT2D eigenvalue weighted by atomic mass is 32.2. The Kier molecular flexibility index (Phi) is 6.23. The van der Waals surface area contributed by atoms with Gasteiger partial charge in [-0.3, -0.25) is 4.79 Å². The fourth-order valence-corrected chi connectivity index (χ4v) is 4.24. The lowest BCUT2D eigenvalue weighted by Gasteiger charge is -2.20. The number of hydrogen-bond donors (Lipinski definition) is 1. The van der Waals surface area contributed by atoms with Crippen LogP contribution >= 0.6 is 11.3 Å². The molecule has 0 unspecified atom stereocenters. The molecule has 0 aliphatic carbocycles. The summed E-state index contributed by atoms with van der Waals surface area (Å²) in [5.74, 6) is -0.919. The zero-order chi connectivity index (χ0) is 20.1. The predicted molar refractivity (Wildman–Crippen MR) is 109 cm³/mol. The summed E-state index contributed by atoms with van der Waals surface area (Å²) in [6, 6.07) is 14.7. The third-order valence-corrected chi connectivity index (χ3v) is 6.19. The standard InChI is InChI=1S/C20H20N2O4S2/c1-28(25,26)22(14-17-4-2-3-16(11-17)12-19(23)24)13-15-5-7-18(8-6-15)20-21-9-10-27-20/h2-11H,12-14H2,1H3,(H,23,24). The molecule has 0 saturated heterocycles. The normalized spacial score (nSPS) is 11.6. The molecule has 3 rings (SSSR count). The number of benzene rings is 2. The zero-order valence-corrected chi connectivity index (χ0v) is 16.9. The van der Waals surface area contributed by atoms with Crippen molar-refractivity contribution in [3.05, 3.63) is 76.8 Å². The summed E-state index contributed by atoms with van der Waals surface area (Å²) in [5.41, 5.74) is 3.26. The smallest absolute Gasteiger partial charge is 0.307 e. The van der Waals surface area contributed by atoms with E-state index in [2.05, 4.69) is 4.98 Å². The van der Waals surface area contributed by atoms with Crippen molar-refractivity contribution in [1.29, 1.82) is 0 Å². The van der Waals surface area contributed by atoms with Gasteiger partial charge in [-0.05, 0) is 16.7 Å². The van der Waals surface area contributed by atoms with Gasteiger partial charge in [-0.2, -0.15) is 4.31 Å². The summed E-state index contributed by atoms with van der Waals surface area (Å²) in [7, 11) is -3.44. The fraction of sp³-hybridized carbons (Fsp3) is 0.200. The highest BCUT2D eigenvalue weighted by molar-refractivity contribution is 7.88. The fourth-order valence-electron chi connectivity index (χ4n) is 2.83. The molecule has 0 fully saturated rings. The second-order valence-electron chi connectivity index (χ2n) is 6.46. The van der Waals surface area contributed by atoms with E-state index in [9.17, 15) is 13.2 Å². The lowest BCUT2D eigenvalue weighted by atomic mass is 10.1. The van der Waals surface area contributed by atoms with Crippen LogP contribution in [0.2, 0.25) is 0 Å². The first kappa shape index (κ1) is 20.2. The van der Waals surface area contributed by atoms with Crippen LogP contribution in [0.4, 0.5) is 0 Å². The van der Waals surface area contributed by atoms with Crippen molar-refractivity contribution in [2.24, 2.45) is 0 Å². The Balaban J connectivity index is 1.77. The van der Waals surface area contributed by atoms with E-state index >= 15 is 0 Å². The van der Waals surface area contributed by atoms with Crippen LogP contribution in [0.3, 0.4) is 0 Å². The molecule has 3 aromatic rings. The lowest BCUT2D eigenvalue weighted by molar-refractivity contribution is -0.136. The topological polar surface area (TPSA) is 87.6 Å². The number of carboxylic acid groups (broad SMARTS) is 1. The number of nitrogens with zero attached hydrogens (tertiary/aromatic N) is 2. The van der Waals surface area contributed by atoms with Crippen LogP contribution in [0, 0.1) is 0 Å². The predicted octanol–water partition coefficient (Wildman–Crippen LogP) is 3.40. The van der Waals surface area contributed by atoms with Gasteiger partial charge in [0.1, 0.15) is 5.01 Å². The van der Waals surface area contributed by atoms with Crippen LogP contribution in [-0.4, -0.2) is 35.0 Å². The number of carbonyl (C=O) groups is 1. The first-order chi connectivity index (χ1) is 13.3. The second kappa shape index (κ2) is 8.64. The Hall–Kier alpha value is -2.55. The van der Waals surface area contributed by atoms with Crippen LogP contribution < -0.4 is 0 Å².